The average molecular weight is 230 g/mol. The smallest absolute Gasteiger partial charge is 0.232 e. The van der Waals surface area contributed by atoms with E-state index in [0.29, 0.717) is 4.99 Å². The number of amides is 1. The second-order valence-corrected chi connectivity index (χ2v) is 4.51. The van der Waals surface area contributed by atoms with Gasteiger partial charge in [0.15, 0.2) is 0 Å². The highest BCUT2D eigenvalue weighted by Gasteiger charge is 2.28. The van der Waals surface area contributed by atoms with Crippen molar-refractivity contribution < 1.29 is 4.79 Å². The van der Waals surface area contributed by atoms with Gasteiger partial charge in [0, 0.05) is 13.1 Å². The highest BCUT2D eigenvalue weighted by molar-refractivity contribution is 7.80. The van der Waals surface area contributed by atoms with E-state index in [2.05, 4.69) is 6.92 Å². The Labute approximate surface area is 98.0 Å². The highest BCUT2D eigenvalue weighted by atomic mass is 32.1. The summed E-state index contributed by atoms with van der Waals surface area (Å²) < 4.78 is 0. The van der Waals surface area contributed by atoms with Crippen molar-refractivity contribution >= 4 is 23.1 Å². The van der Waals surface area contributed by atoms with Crippen molar-refractivity contribution in [3.05, 3.63) is 0 Å². The molecule has 0 rings (SSSR count). The van der Waals surface area contributed by atoms with Crippen LogP contribution in [0.4, 0.5) is 0 Å². The van der Waals surface area contributed by atoms with Gasteiger partial charge >= 0.3 is 0 Å². The van der Waals surface area contributed by atoms with Gasteiger partial charge in [-0.25, -0.2) is 0 Å². The van der Waals surface area contributed by atoms with Gasteiger partial charge in [-0.3, -0.25) is 4.79 Å². The molecule has 0 aliphatic carbocycles. The van der Waals surface area contributed by atoms with E-state index in [1.54, 1.807) is 0 Å². The molecule has 0 heterocycles. The summed E-state index contributed by atoms with van der Waals surface area (Å²) in [5.74, 6) is -0.0748. The summed E-state index contributed by atoms with van der Waals surface area (Å²) >= 11 is 4.95. The summed E-state index contributed by atoms with van der Waals surface area (Å²) in [4.78, 5) is 14.2. The fourth-order valence-corrected chi connectivity index (χ4v) is 2.00. The number of thiocarbonyl (C=S) groups is 1. The maximum absolute atomic E-state index is 12.1. The first-order chi connectivity index (χ1) is 6.95. The molecule has 0 aliphatic heterocycles. The maximum Gasteiger partial charge on any atom is 0.232 e. The molecule has 1 unspecified atom stereocenters. The molecule has 0 saturated carbocycles. The molecule has 1 atom stereocenters. The summed E-state index contributed by atoms with van der Waals surface area (Å²) in [6.45, 7) is 9.48. The monoisotopic (exact) mass is 230 g/mol. The van der Waals surface area contributed by atoms with E-state index in [1.807, 2.05) is 25.7 Å². The lowest BCUT2D eigenvalue weighted by Gasteiger charge is -2.27. The zero-order valence-corrected chi connectivity index (χ0v) is 10.9. The molecule has 0 saturated heterocycles. The normalized spacial score (nSPS) is 12.6. The van der Waals surface area contributed by atoms with Gasteiger partial charge < -0.3 is 10.6 Å². The van der Waals surface area contributed by atoms with Gasteiger partial charge in [-0.2, -0.15) is 0 Å². The van der Waals surface area contributed by atoms with Gasteiger partial charge in [0.05, 0.1) is 10.9 Å². The zero-order chi connectivity index (χ0) is 12.0. The fourth-order valence-electron chi connectivity index (χ4n) is 1.63. The van der Waals surface area contributed by atoms with Crippen LogP contribution in [0.2, 0.25) is 0 Å². The third-order valence-electron chi connectivity index (χ3n) is 2.43. The minimum atomic E-state index is -0.313. The minimum Gasteiger partial charge on any atom is -0.393 e. The van der Waals surface area contributed by atoms with Crippen LogP contribution in [0.5, 0.6) is 0 Å². The van der Waals surface area contributed by atoms with Gasteiger partial charge in [0.2, 0.25) is 5.91 Å². The van der Waals surface area contributed by atoms with Crippen LogP contribution in [0.25, 0.3) is 0 Å². The van der Waals surface area contributed by atoms with E-state index in [-0.39, 0.29) is 17.7 Å². The fraction of sp³-hybridized carbons (Fsp3) is 0.818. The number of nitrogens with two attached hydrogens (primary N) is 1. The Bertz CT molecular complexity index is 229. The van der Waals surface area contributed by atoms with Crippen molar-refractivity contribution in [3.8, 4) is 0 Å². The van der Waals surface area contributed by atoms with Gasteiger partial charge in [-0.05, 0) is 19.3 Å². The van der Waals surface area contributed by atoms with Crippen molar-refractivity contribution in [2.75, 3.05) is 13.1 Å². The number of nitrogens with zero attached hydrogens (tertiary/aromatic N) is 1. The molecule has 3 nitrogen and oxygen atoms in total. The van der Waals surface area contributed by atoms with Crippen LogP contribution in [0.1, 0.15) is 34.1 Å². The molecule has 0 radical (unpaired) electrons. The van der Waals surface area contributed by atoms with Crippen molar-refractivity contribution in [1.29, 1.82) is 0 Å². The summed E-state index contributed by atoms with van der Waals surface area (Å²) in [5, 5.41) is 0. The molecule has 0 spiro atoms. The van der Waals surface area contributed by atoms with Crippen molar-refractivity contribution in [3.63, 3.8) is 0 Å². The molecular formula is C11H22N2OS. The van der Waals surface area contributed by atoms with E-state index in [1.165, 1.54) is 0 Å². The standard InChI is InChI=1S/C11H22N2OS/c1-5-7-13(6-2)11(14)9(8(3)4)10(12)15/h8-9H,5-7H2,1-4H3,(H2,12,15). The molecule has 0 bridgehead atoms. The summed E-state index contributed by atoms with van der Waals surface area (Å²) in [5.41, 5.74) is 5.61. The lowest BCUT2D eigenvalue weighted by Crippen LogP contribution is -2.43. The third-order valence-corrected chi connectivity index (χ3v) is 2.68. The first-order valence-electron chi connectivity index (χ1n) is 5.53. The lowest BCUT2D eigenvalue weighted by molar-refractivity contribution is -0.134. The number of hydrogen-bond donors (Lipinski definition) is 1. The quantitative estimate of drug-likeness (QED) is 0.708. The largest absolute Gasteiger partial charge is 0.393 e. The molecule has 0 fully saturated rings. The number of hydrogen-bond acceptors (Lipinski definition) is 2. The Balaban J connectivity index is 4.67. The molecule has 15 heavy (non-hydrogen) atoms. The van der Waals surface area contributed by atoms with Gasteiger partial charge in [-0.15, -0.1) is 0 Å². The highest BCUT2D eigenvalue weighted by Crippen LogP contribution is 2.15. The number of carbonyl (C=O) groups excluding carboxylic acids is 1. The second-order valence-electron chi connectivity index (χ2n) is 4.04. The molecule has 0 aromatic carbocycles. The molecule has 0 aromatic rings. The van der Waals surface area contributed by atoms with Crippen molar-refractivity contribution in [2.45, 2.75) is 34.1 Å². The van der Waals surface area contributed by atoms with Crippen LogP contribution >= 0.6 is 12.2 Å². The number of carbonyl (C=O) groups is 1. The van der Waals surface area contributed by atoms with Crippen molar-refractivity contribution in [1.82, 2.24) is 4.90 Å². The van der Waals surface area contributed by atoms with E-state index in [4.69, 9.17) is 18.0 Å². The van der Waals surface area contributed by atoms with E-state index in [9.17, 15) is 4.79 Å². The van der Waals surface area contributed by atoms with Crippen LogP contribution < -0.4 is 5.73 Å². The Morgan fingerprint density at radius 3 is 2.20 bits per heavy atom. The summed E-state index contributed by atoms with van der Waals surface area (Å²) in [7, 11) is 0. The average Bonchev–Trinajstić information content (AvgIpc) is 2.12. The zero-order valence-electron chi connectivity index (χ0n) is 10.1. The van der Waals surface area contributed by atoms with Crippen LogP contribution in [0.15, 0.2) is 0 Å². The molecular weight excluding hydrogens is 208 g/mol. The van der Waals surface area contributed by atoms with Gasteiger partial charge in [0.25, 0.3) is 0 Å². The number of rotatable bonds is 6. The summed E-state index contributed by atoms with van der Waals surface area (Å²) in [6.07, 6.45) is 0.960. The van der Waals surface area contributed by atoms with Gasteiger partial charge in [0.1, 0.15) is 0 Å². The van der Waals surface area contributed by atoms with E-state index in [0.717, 1.165) is 19.5 Å². The SMILES string of the molecule is CCCN(CC)C(=O)C(C(N)=S)C(C)C. The first-order valence-corrected chi connectivity index (χ1v) is 5.94. The van der Waals surface area contributed by atoms with Crippen LogP contribution in [0, 0.1) is 11.8 Å². The third kappa shape index (κ3) is 4.16. The summed E-state index contributed by atoms with van der Waals surface area (Å²) in [6, 6.07) is 0. The minimum absolute atomic E-state index is 0.0712. The molecule has 1 amide bonds. The Morgan fingerprint density at radius 1 is 1.40 bits per heavy atom. The predicted molar refractivity (Wildman–Crippen MR) is 67.7 cm³/mol. The second kappa shape index (κ2) is 6.77. The maximum atomic E-state index is 12.1. The molecule has 0 aliphatic rings. The molecule has 88 valence electrons. The van der Waals surface area contributed by atoms with E-state index < -0.39 is 0 Å². The molecule has 2 N–H and O–H groups in total. The van der Waals surface area contributed by atoms with E-state index >= 15 is 0 Å². The van der Waals surface area contributed by atoms with Crippen LogP contribution in [-0.4, -0.2) is 28.9 Å². The Morgan fingerprint density at radius 2 is 1.93 bits per heavy atom. The lowest BCUT2D eigenvalue weighted by atomic mass is 9.94. The van der Waals surface area contributed by atoms with Crippen molar-refractivity contribution in [2.24, 2.45) is 17.6 Å². The molecule has 4 heteroatoms. The Kier molecular flexibility index (Phi) is 6.48. The van der Waals surface area contributed by atoms with Gasteiger partial charge in [-0.1, -0.05) is 33.0 Å². The predicted octanol–water partition coefficient (Wildman–Crippen LogP) is 1.80. The first kappa shape index (κ1) is 14.4. The van der Waals surface area contributed by atoms with Crippen LogP contribution in [-0.2, 0) is 4.79 Å². The topological polar surface area (TPSA) is 46.3 Å². The Hall–Kier alpha value is -0.640. The van der Waals surface area contributed by atoms with Crippen LogP contribution in [0.3, 0.4) is 0 Å². The molecule has 0 aromatic heterocycles.